The molecule has 0 atom stereocenters. The highest BCUT2D eigenvalue weighted by Crippen LogP contribution is 2.27. The Morgan fingerprint density at radius 2 is 2.08 bits per heavy atom. The Morgan fingerprint density at radius 1 is 1.38 bits per heavy atom. The van der Waals surface area contributed by atoms with E-state index in [4.69, 9.17) is 10.5 Å². The van der Waals surface area contributed by atoms with Crippen molar-refractivity contribution >= 4 is 17.6 Å². The van der Waals surface area contributed by atoms with E-state index in [1.54, 1.807) is 18.2 Å². The molecule has 0 unspecified atom stereocenters. The molecule has 2 aromatic rings. The van der Waals surface area contributed by atoms with Gasteiger partial charge in [0.15, 0.2) is 5.69 Å². The number of aromatic nitrogens is 1. The first kappa shape index (κ1) is 19.1. The molecule has 0 aliphatic heterocycles. The molecule has 0 spiro atoms. The van der Waals surface area contributed by atoms with Crippen LogP contribution in [-0.4, -0.2) is 30.1 Å². The number of methoxy groups -OCH3 is 1. The van der Waals surface area contributed by atoms with E-state index in [0.29, 0.717) is 23.7 Å². The third-order valence-electron chi connectivity index (χ3n) is 3.95. The fraction of sp³-hybridized carbons (Fsp3) is 0.316. The van der Waals surface area contributed by atoms with Crippen LogP contribution in [0.1, 0.15) is 45.8 Å². The first-order valence-corrected chi connectivity index (χ1v) is 8.18. The first-order chi connectivity index (χ1) is 12.3. The molecule has 0 aliphatic carbocycles. The number of nitrogens with two attached hydrogens (primary N) is 1. The maximum atomic E-state index is 12.4. The van der Waals surface area contributed by atoms with Crippen LogP contribution in [0, 0.1) is 24.2 Å². The SMILES string of the molecule is COC(=O)c1c(N)c(C#N)cn1-c1cc(C(=O)NCC(C)C)ccc1C. The number of amides is 1. The van der Waals surface area contributed by atoms with Crippen LogP contribution >= 0.6 is 0 Å². The molecule has 136 valence electrons. The van der Waals surface area contributed by atoms with Gasteiger partial charge in [0.1, 0.15) is 6.07 Å². The summed E-state index contributed by atoms with van der Waals surface area (Å²) in [6.07, 6.45) is 1.47. The molecule has 1 aromatic heterocycles. The number of rotatable bonds is 5. The summed E-state index contributed by atoms with van der Waals surface area (Å²) in [5.74, 6) is -0.532. The molecule has 0 aliphatic rings. The van der Waals surface area contributed by atoms with Gasteiger partial charge in [-0.15, -0.1) is 0 Å². The Kier molecular flexibility index (Phi) is 5.68. The quantitative estimate of drug-likeness (QED) is 0.801. The topological polar surface area (TPSA) is 110 Å². The van der Waals surface area contributed by atoms with Crippen molar-refractivity contribution in [2.45, 2.75) is 20.8 Å². The van der Waals surface area contributed by atoms with Gasteiger partial charge in [0.2, 0.25) is 0 Å². The van der Waals surface area contributed by atoms with Crippen LogP contribution in [0.25, 0.3) is 5.69 Å². The number of ether oxygens (including phenoxy) is 1. The molecule has 0 saturated carbocycles. The number of carbonyl (C=O) groups is 2. The number of nitriles is 1. The molecule has 0 saturated heterocycles. The zero-order valence-corrected chi connectivity index (χ0v) is 15.3. The molecule has 26 heavy (non-hydrogen) atoms. The van der Waals surface area contributed by atoms with Crippen LogP contribution in [0.15, 0.2) is 24.4 Å². The molecular formula is C19H22N4O3. The van der Waals surface area contributed by atoms with E-state index in [-0.39, 0.29) is 22.9 Å². The number of nitrogens with one attached hydrogen (secondary N) is 1. The number of nitrogens with zero attached hydrogens (tertiary/aromatic N) is 2. The largest absolute Gasteiger partial charge is 0.464 e. The maximum Gasteiger partial charge on any atom is 0.357 e. The number of aryl methyl sites for hydroxylation is 1. The number of anilines is 1. The van der Waals surface area contributed by atoms with E-state index >= 15 is 0 Å². The number of hydrogen-bond donors (Lipinski definition) is 2. The minimum Gasteiger partial charge on any atom is -0.464 e. The molecule has 0 bridgehead atoms. The summed E-state index contributed by atoms with van der Waals surface area (Å²) in [6.45, 7) is 6.42. The zero-order valence-electron chi connectivity index (χ0n) is 15.3. The van der Waals surface area contributed by atoms with Gasteiger partial charge in [-0.1, -0.05) is 19.9 Å². The number of hydrogen-bond acceptors (Lipinski definition) is 5. The van der Waals surface area contributed by atoms with Crippen molar-refractivity contribution in [1.29, 1.82) is 5.26 Å². The minimum atomic E-state index is -0.655. The van der Waals surface area contributed by atoms with Crippen LogP contribution in [0.4, 0.5) is 5.69 Å². The Hall–Kier alpha value is -3.27. The standard InChI is InChI=1S/C19H22N4O3/c1-11(2)9-22-18(24)13-6-5-12(3)15(7-13)23-10-14(8-20)16(21)17(23)19(25)26-4/h5-7,10-11H,9,21H2,1-4H3,(H,22,24). The average molecular weight is 354 g/mol. The Labute approximate surface area is 152 Å². The van der Waals surface area contributed by atoms with Gasteiger partial charge in [-0.3, -0.25) is 4.79 Å². The third-order valence-corrected chi connectivity index (χ3v) is 3.95. The molecule has 1 aromatic carbocycles. The van der Waals surface area contributed by atoms with Crippen LogP contribution in [0.2, 0.25) is 0 Å². The molecule has 2 rings (SSSR count). The third kappa shape index (κ3) is 3.70. The number of nitrogen functional groups attached to an aromatic ring is 1. The molecule has 3 N–H and O–H groups in total. The highest BCUT2D eigenvalue weighted by molar-refractivity contribution is 5.97. The zero-order chi connectivity index (χ0) is 19.4. The van der Waals surface area contributed by atoms with E-state index < -0.39 is 5.97 Å². The molecular weight excluding hydrogens is 332 g/mol. The van der Waals surface area contributed by atoms with Gasteiger partial charge < -0.3 is 20.4 Å². The van der Waals surface area contributed by atoms with Gasteiger partial charge in [0.25, 0.3) is 5.91 Å². The first-order valence-electron chi connectivity index (χ1n) is 8.18. The van der Waals surface area contributed by atoms with Gasteiger partial charge >= 0.3 is 5.97 Å². The van der Waals surface area contributed by atoms with Gasteiger partial charge in [0.05, 0.1) is 18.4 Å². The van der Waals surface area contributed by atoms with Crippen LogP contribution in [0.3, 0.4) is 0 Å². The summed E-state index contributed by atoms with van der Waals surface area (Å²) in [4.78, 5) is 24.5. The van der Waals surface area contributed by atoms with Gasteiger partial charge in [0, 0.05) is 24.0 Å². The van der Waals surface area contributed by atoms with Crippen LogP contribution < -0.4 is 11.1 Å². The second-order valence-corrected chi connectivity index (χ2v) is 6.38. The molecule has 1 amide bonds. The summed E-state index contributed by atoms with van der Waals surface area (Å²) in [5.41, 5.74) is 8.06. The number of carbonyl (C=O) groups excluding carboxylic acids is 2. The monoisotopic (exact) mass is 354 g/mol. The fourth-order valence-corrected chi connectivity index (χ4v) is 2.51. The van der Waals surface area contributed by atoms with Crippen LogP contribution in [-0.2, 0) is 4.74 Å². The summed E-state index contributed by atoms with van der Waals surface area (Å²) in [6, 6.07) is 7.12. The fourth-order valence-electron chi connectivity index (χ4n) is 2.51. The summed E-state index contributed by atoms with van der Waals surface area (Å²) in [7, 11) is 1.24. The van der Waals surface area contributed by atoms with Crippen molar-refractivity contribution < 1.29 is 14.3 Å². The molecule has 1 heterocycles. The highest BCUT2D eigenvalue weighted by Gasteiger charge is 2.23. The van der Waals surface area contributed by atoms with Crippen molar-refractivity contribution in [3.05, 3.63) is 46.8 Å². The summed E-state index contributed by atoms with van der Waals surface area (Å²) in [5, 5.41) is 12.1. The Bertz CT molecular complexity index is 891. The minimum absolute atomic E-state index is 0.0495. The molecule has 7 nitrogen and oxygen atoms in total. The Morgan fingerprint density at radius 3 is 2.65 bits per heavy atom. The smallest absolute Gasteiger partial charge is 0.357 e. The lowest BCUT2D eigenvalue weighted by Crippen LogP contribution is -2.27. The van der Waals surface area contributed by atoms with Gasteiger partial charge in [-0.05, 0) is 30.5 Å². The van der Waals surface area contributed by atoms with Crippen molar-refractivity contribution in [2.75, 3.05) is 19.4 Å². The predicted octanol–water partition coefficient (Wildman–Crippen LogP) is 2.41. The summed E-state index contributed by atoms with van der Waals surface area (Å²) < 4.78 is 6.29. The number of benzene rings is 1. The second kappa shape index (κ2) is 7.74. The number of esters is 1. The van der Waals surface area contributed by atoms with Crippen molar-refractivity contribution in [2.24, 2.45) is 5.92 Å². The van der Waals surface area contributed by atoms with E-state index in [0.717, 1.165) is 5.56 Å². The van der Waals surface area contributed by atoms with Crippen LogP contribution in [0.5, 0.6) is 0 Å². The molecule has 0 fully saturated rings. The lowest BCUT2D eigenvalue weighted by atomic mass is 10.1. The van der Waals surface area contributed by atoms with E-state index in [1.807, 2.05) is 26.8 Å². The Balaban J connectivity index is 2.56. The van der Waals surface area contributed by atoms with Gasteiger partial charge in [-0.25, -0.2) is 4.79 Å². The lowest BCUT2D eigenvalue weighted by Gasteiger charge is -2.14. The molecule has 0 radical (unpaired) electrons. The van der Waals surface area contributed by atoms with Crippen molar-refractivity contribution in [3.8, 4) is 11.8 Å². The normalized spacial score (nSPS) is 10.5. The van der Waals surface area contributed by atoms with Crippen molar-refractivity contribution in [3.63, 3.8) is 0 Å². The van der Waals surface area contributed by atoms with Gasteiger partial charge in [-0.2, -0.15) is 5.26 Å². The molecule has 7 heteroatoms. The van der Waals surface area contributed by atoms with E-state index in [9.17, 15) is 14.9 Å². The van der Waals surface area contributed by atoms with E-state index in [1.165, 1.54) is 17.9 Å². The highest BCUT2D eigenvalue weighted by atomic mass is 16.5. The lowest BCUT2D eigenvalue weighted by molar-refractivity contribution is 0.0593. The van der Waals surface area contributed by atoms with E-state index in [2.05, 4.69) is 5.32 Å². The predicted molar refractivity (Wildman–Crippen MR) is 98.1 cm³/mol. The van der Waals surface area contributed by atoms with Crippen molar-refractivity contribution in [1.82, 2.24) is 9.88 Å². The average Bonchev–Trinajstić information content (AvgIpc) is 2.95. The summed E-state index contributed by atoms with van der Waals surface area (Å²) >= 11 is 0. The maximum absolute atomic E-state index is 12.4. The second-order valence-electron chi connectivity index (χ2n) is 6.38.